The minimum atomic E-state index is -0.706. The van der Waals surface area contributed by atoms with Crippen LogP contribution in [0.2, 0.25) is 5.02 Å². The van der Waals surface area contributed by atoms with Crippen LogP contribution < -0.4 is 14.8 Å². The van der Waals surface area contributed by atoms with E-state index in [1.807, 2.05) is 13.0 Å². The van der Waals surface area contributed by atoms with Crippen molar-refractivity contribution < 1.29 is 23.8 Å². The first-order valence-corrected chi connectivity index (χ1v) is 10.4. The summed E-state index contributed by atoms with van der Waals surface area (Å²) in [6, 6.07) is 13.1. The molecular formula is C23H25ClN2O5. The van der Waals surface area contributed by atoms with Crippen molar-refractivity contribution in [3.63, 3.8) is 0 Å². The van der Waals surface area contributed by atoms with Gasteiger partial charge < -0.3 is 19.5 Å². The van der Waals surface area contributed by atoms with Gasteiger partial charge in [0.05, 0.1) is 31.0 Å². The average molecular weight is 445 g/mol. The molecule has 0 aliphatic carbocycles. The van der Waals surface area contributed by atoms with E-state index >= 15 is 0 Å². The van der Waals surface area contributed by atoms with Gasteiger partial charge in [-0.15, -0.1) is 0 Å². The van der Waals surface area contributed by atoms with Crippen molar-refractivity contribution in [1.29, 1.82) is 0 Å². The van der Waals surface area contributed by atoms with E-state index in [9.17, 15) is 9.59 Å². The van der Waals surface area contributed by atoms with Crippen molar-refractivity contribution in [3.8, 4) is 11.5 Å². The van der Waals surface area contributed by atoms with Crippen molar-refractivity contribution >= 4 is 23.6 Å². The lowest BCUT2D eigenvalue weighted by atomic mass is 9.94. The molecule has 1 unspecified atom stereocenters. The number of rotatable bonds is 8. The molecule has 3 rings (SSSR count). The van der Waals surface area contributed by atoms with Gasteiger partial charge in [-0.2, -0.15) is 0 Å². The van der Waals surface area contributed by atoms with Crippen molar-refractivity contribution in [2.75, 3.05) is 26.9 Å². The van der Waals surface area contributed by atoms with E-state index in [0.717, 1.165) is 0 Å². The number of urea groups is 1. The summed E-state index contributed by atoms with van der Waals surface area (Å²) in [5.74, 6) is 0.631. The maximum absolute atomic E-state index is 13.0. The van der Waals surface area contributed by atoms with E-state index in [1.54, 1.807) is 56.5 Å². The van der Waals surface area contributed by atoms with Gasteiger partial charge in [0.25, 0.3) is 0 Å². The predicted octanol–water partition coefficient (Wildman–Crippen LogP) is 4.33. The van der Waals surface area contributed by atoms with Gasteiger partial charge in [-0.05, 0) is 49.7 Å². The van der Waals surface area contributed by atoms with Gasteiger partial charge in [-0.1, -0.05) is 29.8 Å². The molecule has 0 fully saturated rings. The van der Waals surface area contributed by atoms with Crippen molar-refractivity contribution in [2.24, 2.45) is 0 Å². The fourth-order valence-corrected chi connectivity index (χ4v) is 3.60. The van der Waals surface area contributed by atoms with E-state index in [2.05, 4.69) is 5.32 Å². The molecule has 1 aliphatic heterocycles. The Labute approximate surface area is 186 Å². The van der Waals surface area contributed by atoms with Crippen LogP contribution in [0.25, 0.3) is 0 Å². The molecule has 2 amide bonds. The molecule has 1 atom stereocenters. The first-order valence-electron chi connectivity index (χ1n) is 9.99. The normalized spacial score (nSPS) is 16.1. The summed E-state index contributed by atoms with van der Waals surface area (Å²) in [6.45, 7) is 4.12. The smallest absolute Gasteiger partial charge is 0.338 e. The van der Waals surface area contributed by atoms with Gasteiger partial charge in [0.2, 0.25) is 0 Å². The second-order valence-electron chi connectivity index (χ2n) is 6.73. The largest absolute Gasteiger partial charge is 0.497 e. The number of hydrogen-bond acceptors (Lipinski definition) is 5. The number of carbonyl (C=O) groups excluding carboxylic acids is 2. The number of carbonyl (C=O) groups is 2. The summed E-state index contributed by atoms with van der Waals surface area (Å²) in [5, 5.41) is 3.44. The molecule has 0 saturated heterocycles. The molecule has 8 heteroatoms. The molecule has 7 nitrogen and oxygen atoms in total. The van der Waals surface area contributed by atoms with Crippen LogP contribution in [0.3, 0.4) is 0 Å². The third kappa shape index (κ3) is 5.11. The zero-order chi connectivity index (χ0) is 22.4. The Hall–Kier alpha value is -3.19. The molecule has 31 heavy (non-hydrogen) atoms. The molecule has 0 spiro atoms. The lowest BCUT2D eigenvalue weighted by molar-refractivity contribution is -0.139. The van der Waals surface area contributed by atoms with Crippen LogP contribution in [-0.2, 0) is 9.53 Å². The second-order valence-corrected chi connectivity index (χ2v) is 7.17. The third-order valence-electron chi connectivity index (χ3n) is 4.85. The Kier molecular flexibility index (Phi) is 7.41. The second kappa shape index (κ2) is 10.2. The van der Waals surface area contributed by atoms with Gasteiger partial charge in [-0.3, -0.25) is 4.90 Å². The zero-order valence-electron chi connectivity index (χ0n) is 17.7. The first kappa shape index (κ1) is 22.5. The van der Waals surface area contributed by atoms with Crippen molar-refractivity contribution in [1.82, 2.24) is 10.2 Å². The van der Waals surface area contributed by atoms with Crippen LogP contribution in [0, 0.1) is 0 Å². The Morgan fingerprint density at radius 1 is 1.13 bits per heavy atom. The quantitative estimate of drug-likeness (QED) is 0.613. The Morgan fingerprint density at radius 2 is 1.87 bits per heavy atom. The fraction of sp³-hybridized carbons (Fsp3) is 0.304. The molecule has 164 valence electrons. The minimum absolute atomic E-state index is 0.00375. The summed E-state index contributed by atoms with van der Waals surface area (Å²) in [5.41, 5.74) is 1.46. The lowest BCUT2D eigenvalue weighted by Crippen LogP contribution is -2.49. The highest BCUT2D eigenvalue weighted by molar-refractivity contribution is 6.30. The average Bonchev–Trinajstić information content (AvgIpc) is 2.77. The first-order chi connectivity index (χ1) is 15.0. The number of ether oxygens (including phenoxy) is 3. The number of halogens is 1. The maximum atomic E-state index is 13.0. The van der Waals surface area contributed by atoms with E-state index in [-0.39, 0.29) is 19.2 Å². The van der Waals surface area contributed by atoms with Gasteiger partial charge in [-0.25, -0.2) is 9.59 Å². The van der Waals surface area contributed by atoms with Crippen molar-refractivity contribution in [3.05, 3.63) is 70.4 Å². The Balaban J connectivity index is 2.08. The molecule has 1 heterocycles. The van der Waals surface area contributed by atoms with Gasteiger partial charge >= 0.3 is 12.0 Å². The summed E-state index contributed by atoms with van der Waals surface area (Å²) >= 11 is 6.05. The predicted molar refractivity (Wildman–Crippen MR) is 117 cm³/mol. The van der Waals surface area contributed by atoms with Gasteiger partial charge in [0.15, 0.2) is 0 Å². The highest BCUT2D eigenvalue weighted by Gasteiger charge is 2.38. The van der Waals surface area contributed by atoms with Crippen LogP contribution in [0.1, 0.15) is 25.5 Å². The molecule has 2 aromatic carbocycles. The van der Waals surface area contributed by atoms with Crippen LogP contribution in [0.5, 0.6) is 11.5 Å². The molecular weight excluding hydrogens is 420 g/mol. The number of esters is 1. The minimum Gasteiger partial charge on any atom is -0.497 e. The fourth-order valence-electron chi connectivity index (χ4n) is 3.42. The van der Waals surface area contributed by atoms with E-state index in [1.165, 1.54) is 4.90 Å². The summed E-state index contributed by atoms with van der Waals surface area (Å²) < 4.78 is 16.5. The van der Waals surface area contributed by atoms with Crippen LogP contribution in [0.15, 0.2) is 59.8 Å². The number of likely N-dealkylation sites (N-methyl/N-ethyl adjacent to an activating group) is 1. The van der Waals surface area contributed by atoms with E-state index in [0.29, 0.717) is 39.9 Å². The van der Waals surface area contributed by atoms with Crippen LogP contribution in [0.4, 0.5) is 4.79 Å². The van der Waals surface area contributed by atoms with E-state index < -0.39 is 12.0 Å². The monoisotopic (exact) mass is 444 g/mol. The van der Waals surface area contributed by atoms with Gasteiger partial charge in [0, 0.05) is 11.6 Å². The number of amides is 2. The summed E-state index contributed by atoms with van der Waals surface area (Å²) in [4.78, 5) is 27.4. The Morgan fingerprint density at radius 3 is 2.55 bits per heavy atom. The number of benzene rings is 2. The zero-order valence-corrected chi connectivity index (χ0v) is 18.4. The van der Waals surface area contributed by atoms with Crippen LogP contribution in [-0.4, -0.2) is 43.8 Å². The van der Waals surface area contributed by atoms with Crippen LogP contribution >= 0.6 is 11.6 Å². The third-order valence-corrected chi connectivity index (χ3v) is 5.08. The summed E-state index contributed by atoms with van der Waals surface area (Å²) in [7, 11) is 1.56. The topological polar surface area (TPSA) is 77.1 Å². The molecule has 2 aromatic rings. The van der Waals surface area contributed by atoms with Gasteiger partial charge in [0.1, 0.15) is 18.1 Å². The SMILES string of the molecule is CCOC(=O)C1=C(COc2cccc(Cl)c2)N(CC)C(=O)NC1c1cccc(OC)c1. The lowest BCUT2D eigenvalue weighted by Gasteiger charge is -2.36. The molecule has 1 N–H and O–H groups in total. The number of hydrogen-bond donors (Lipinski definition) is 1. The highest BCUT2D eigenvalue weighted by Crippen LogP contribution is 2.33. The molecule has 0 saturated carbocycles. The molecule has 0 bridgehead atoms. The number of methoxy groups -OCH3 is 1. The number of nitrogens with one attached hydrogen (secondary N) is 1. The standard InChI is InChI=1S/C23H25ClN2O5/c1-4-26-19(14-31-18-11-7-9-16(24)13-18)20(22(27)30-5-2)21(25-23(26)28)15-8-6-10-17(12-15)29-3/h6-13,21H,4-5,14H2,1-3H3,(H,25,28). The molecule has 0 radical (unpaired) electrons. The highest BCUT2D eigenvalue weighted by atomic mass is 35.5. The Bertz CT molecular complexity index is 991. The number of nitrogens with zero attached hydrogens (tertiary/aromatic N) is 1. The molecule has 1 aliphatic rings. The molecule has 0 aromatic heterocycles. The maximum Gasteiger partial charge on any atom is 0.338 e. The summed E-state index contributed by atoms with van der Waals surface area (Å²) in [6.07, 6.45) is 0. The van der Waals surface area contributed by atoms with Crippen molar-refractivity contribution in [2.45, 2.75) is 19.9 Å². The van der Waals surface area contributed by atoms with E-state index in [4.69, 9.17) is 25.8 Å².